The molecule has 3 nitrogen and oxygen atoms in total. The molecule has 0 amide bonds. The van der Waals surface area contributed by atoms with Crippen LogP contribution in [0.15, 0.2) is 24.3 Å². The van der Waals surface area contributed by atoms with Crippen LogP contribution in [0.2, 0.25) is 0 Å². The van der Waals surface area contributed by atoms with E-state index in [1.165, 1.54) is 6.42 Å². The molecule has 5 N–H and O–H groups in total. The molecule has 0 unspecified atom stereocenters. The minimum atomic E-state index is -0.0961. The van der Waals surface area contributed by atoms with Gasteiger partial charge in [0.2, 0.25) is 0 Å². The van der Waals surface area contributed by atoms with Crippen LogP contribution in [0.25, 0.3) is 0 Å². The molecule has 1 heterocycles. The number of benzene rings is 1. The molecule has 2 atom stereocenters. The minimum absolute atomic E-state index is 0.0961. The fourth-order valence-electron chi connectivity index (χ4n) is 1.45. The van der Waals surface area contributed by atoms with Crippen LogP contribution in [0.3, 0.4) is 0 Å². The zero-order valence-corrected chi connectivity index (χ0v) is 8.83. The van der Waals surface area contributed by atoms with Crippen LogP contribution in [0.5, 0.6) is 0 Å². The van der Waals surface area contributed by atoms with Crippen molar-refractivity contribution in [2.45, 2.75) is 32.6 Å². The van der Waals surface area contributed by atoms with Crippen molar-refractivity contribution < 1.29 is 0 Å². The van der Waals surface area contributed by atoms with Crippen molar-refractivity contribution in [1.29, 1.82) is 0 Å². The molecule has 1 aliphatic heterocycles. The lowest BCUT2D eigenvalue weighted by atomic mass is 10.1. The average molecular weight is 193 g/mol. The van der Waals surface area contributed by atoms with E-state index in [9.17, 15) is 0 Å². The Balaban J connectivity index is 0.000000293. The van der Waals surface area contributed by atoms with Crippen LogP contribution in [0.4, 0.5) is 0 Å². The molecular formula is C11H19N3. The van der Waals surface area contributed by atoms with Crippen LogP contribution >= 0.6 is 0 Å². The van der Waals surface area contributed by atoms with E-state index in [-0.39, 0.29) is 12.3 Å². The van der Waals surface area contributed by atoms with Crippen molar-refractivity contribution in [3.05, 3.63) is 35.4 Å². The van der Waals surface area contributed by atoms with Crippen LogP contribution in [-0.4, -0.2) is 0 Å². The third-order valence-corrected chi connectivity index (χ3v) is 2.03. The highest BCUT2D eigenvalue weighted by Crippen LogP contribution is 2.25. The van der Waals surface area contributed by atoms with Gasteiger partial charge in [0.1, 0.15) is 0 Å². The first-order valence-corrected chi connectivity index (χ1v) is 5.06. The predicted molar refractivity (Wildman–Crippen MR) is 59.4 cm³/mol. The third-order valence-electron chi connectivity index (χ3n) is 2.03. The second-order valence-electron chi connectivity index (χ2n) is 3.46. The maximum absolute atomic E-state index is 5.75. The van der Waals surface area contributed by atoms with Crippen molar-refractivity contribution in [2.24, 2.45) is 11.5 Å². The zero-order valence-electron chi connectivity index (χ0n) is 8.83. The summed E-state index contributed by atoms with van der Waals surface area (Å²) in [5.41, 5.74) is 13.7. The van der Waals surface area contributed by atoms with Crippen molar-refractivity contribution in [3.8, 4) is 0 Å². The number of fused-ring (bicyclic) bond motifs is 1. The molecular weight excluding hydrogens is 174 g/mol. The molecule has 3 heteroatoms. The molecule has 1 aromatic carbocycles. The predicted octanol–water partition coefficient (Wildman–Crippen LogP) is 1.62. The van der Waals surface area contributed by atoms with Gasteiger partial charge >= 0.3 is 0 Å². The fourth-order valence-corrected chi connectivity index (χ4v) is 1.45. The Kier molecular flexibility index (Phi) is 4.07. The van der Waals surface area contributed by atoms with Crippen LogP contribution in [0, 0.1) is 0 Å². The van der Waals surface area contributed by atoms with Gasteiger partial charge in [0.15, 0.2) is 0 Å². The second-order valence-corrected chi connectivity index (χ2v) is 3.46. The van der Waals surface area contributed by atoms with Crippen molar-refractivity contribution in [3.63, 3.8) is 0 Å². The Labute approximate surface area is 85.5 Å². The Bertz CT molecular complexity index is 259. The molecule has 0 aromatic heterocycles. The average Bonchev–Trinajstić information content (AvgIpc) is 2.45. The molecule has 0 bridgehead atoms. The zero-order chi connectivity index (χ0) is 10.6. The summed E-state index contributed by atoms with van der Waals surface area (Å²) in [7, 11) is 0. The quantitative estimate of drug-likeness (QED) is 0.586. The molecule has 1 aliphatic rings. The van der Waals surface area contributed by atoms with Crippen molar-refractivity contribution >= 4 is 0 Å². The fraction of sp³-hybridized carbons (Fsp3) is 0.455. The van der Waals surface area contributed by atoms with Crippen LogP contribution < -0.4 is 16.8 Å². The van der Waals surface area contributed by atoms with Gasteiger partial charge in [0, 0.05) is 0 Å². The number of rotatable bonds is 0. The van der Waals surface area contributed by atoms with Gasteiger partial charge in [-0.3, -0.25) is 5.32 Å². The molecule has 1 aromatic rings. The lowest BCUT2D eigenvalue weighted by Crippen LogP contribution is -2.28. The maximum atomic E-state index is 5.75. The topological polar surface area (TPSA) is 64.1 Å². The van der Waals surface area contributed by atoms with E-state index in [1.807, 2.05) is 24.3 Å². The summed E-state index contributed by atoms with van der Waals surface area (Å²) < 4.78 is 0. The van der Waals surface area contributed by atoms with E-state index in [0.29, 0.717) is 0 Å². The Morgan fingerprint density at radius 3 is 1.79 bits per heavy atom. The highest BCUT2D eigenvalue weighted by molar-refractivity contribution is 5.35. The first-order chi connectivity index (χ1) is 6.70. The minimum Gasteiger partial charge on any atom is -0.312 e. The molecule has 0 spiro atoms. The molecule has 14 heavy (non-hydrogen) atoms. The monoisotopic (exact) mass is 193 g/mol. The lowest BCUT2D eigenvalue weighted by molar-refractivity contribution is 0.519. The standard InChI is InChI=1S/C8H11N3.C3H8/c9-7-5-3-1-2-4-6(5)8(10)11-7;1-3-2/h1-4,7-8,11H,9-10H2;3H2,1-2H3/t7-,8+;. The Morgan fingerprint density at radius 2 is 1.43 bits per heavy atom. The summed E-state index contributed by atoms with van der Waals surface area (Å²) in [5.74, 6) is 0. The van der Waals surface area contributed by atoms with Gasteiger partial charge < -0.3 is 11.5 Å². The van der Waals surface area contributed by atoms with Gasteiger partial charge in [0.05, 0.1) is 12.3 Å². The lowest BCUT2D eigenvalue weighted by Gasteiger charge is -2.04. The van der Waals surface area contributed by atoms with Gasteiger partial charge in [-0.1, -0.05) is 44.5 Å². The number of nitrogens with one attached hydrogen (secondary N) is 1. The van der Waals surface area contributed by atoms with E-state index < -0.39 is 0 Å². The molecule has 0 fully saturated rings. The summed E-state index contributed by atoms with van der Waals surface area (Å²) in [6.07, 6.45) is 1.06. The van der Waals surface area contributed by atoms with Gasteiger partial charge in [0.25, 0.3) is 0 Å². The van der Waals surface area contributed by atoms with Gasteiger partial charge in [-0.15, -0.1) is 0 Å². The van der Waals surface area contributed by atoms with Crippen LogP contribution in [-0.2, 0) is 0 Å². The first kappa shape index (κ1) is 11.2. The summed E-state index contributed by atoms with van der Waals surface area (Å²) in [6.45, 7) is 4.25. The summed E-state index contributed by atoms with van der Waals surface area (Å²) in [5, 5.41) is 3.04. The number of hydrogen-bond donors (Lipinski definition) is 3. The van der Waals surface area contributed by atoms with Gasteiger partial charge in [-0.05, 0) is 11.1 Å². The van der Waals surface area contributed by atoms with Crippen molar-refractivity contribution in [2.75, 3.05) is 0 Å². The van der Waals surface area contributed by atoms with E-state index in [4.69, 9.17) is 11.5 Å². The highest BCUT2D eigenvalue weighted by atomic mass is 15.1. The van der Waals surface area contributed by atoms with Crippen molar-refractivity contribution in [1.82, 2.24) is 5.32 Å². The van der Waals surface area contributed by atoms with E-state index in [0.717, 1.165) is 11.1 Å². The van der Waals surface area contributed by atoms with Crippen LogP contribution in [0.1, 0.15) is 43.7 Å². The normalized spacial score (nSPS) is 23.7. The third kappa shape index (κ3) is 2.32. The maximum Gasteiger partial charge on any atom is 0.0828 e. The number of hydrogen-bond acceptors (Lipinski definition) is 3. The summed E-state index contributed by atoms with van der Waals surface area (Å²) in [4.78, 5) is 0. The molecule has 0 saturated carbocycles. The van der Waals surface area contributed by atoms with E-state index in [1.54, 1.807) is 0 Å². The Morgan fingerprint density at radius 1 is 1.07 bits per heavy atom. The van der Waals surface area contributed by atoms with Gasteiger partial charge in [-0.2, -0.15) is 0 Å². The van der Waals surface area contributed by atoms with E-state index in [2.05, 4.69) is 19.2 Å². The second kappa shape index (κ2) is 5.10. The largest absolute Gasteiger partial charge is 0.312 e. The molecule has 0 saturated heterocycles. The first-order valence-electron chi connectivity index (χ1n) is 5.06. The number of nitrogens with two attached hydrogens (primary N) is 2. The van der Waals surface area contributed by atoms with Gasteiger partial charge in [-0.25, -0.2) is 0 Å². The molecule has 78 valence electrons. The summed E-state index contributed by atoms with van der Waals surface area (Å²) in [6, 6.07) is 7.94. The molecule has 0 aliphatic carbocycles. The highest BCUT2D eigenvalue weighted by Gasteiger charge is 2.23. The Hall–Kier alpha value is -0.900. The summed E-state index contributed by atoms with van der Waals surface area (Å²) >= 11 is 0. The van der Waals surface area contributed by atoms with E-state index >= 15 is 0 Å². The molecule has 2 rings (SSSR count). The molecule has 0 radical (unpaired) electrons. The smallest absolute Gasteiger partial charge is 0.0828 e. The SMILES string of the molecule is CCC.N[C@@H]1N[C@H](N)c2ccccc21.